The monoisotopic (exact) mass is 246 g/mol. The first kappa shape index (κ1) is 12.6. The molecule has 1 aromatic carbocycles. The van der Waals surface area contributed by atoms with E-state index in [1.807, 2.05) is 24.3 Å². The molecule has 0 radical (unpaired) electrons. The molecule has 0 atom stereocenters. The van der Waals surface area contributed by atoms with Crippen molar-refractivity contribution in [3.8, 4) is 0 Å². The van der Waals surface area contributed by atoms with Crippen LogP contribution in [-0.2, 0) is 11.3 Å². The number of benzene rings is 1. The van der Waals surface area contributed by atoms with E-state index in [0.29, 0.717) is 6.61 Å². The number of ether oxygens (including phenoxy) is 1. The Morgan fingerprint density at radius 1 is 1.39 bits per heavy atom. The molecule has 5 nitrogen and oxygen atoms in total. The zero-order valence-corrected chi connectivity index (χ0v) is 10.2. The lowest BCUT2D eigenvalue weighted by molar-refractivity contribution is 0.111. The molecule has 0 heterocycles. The van der Waals surface area contributed by atoms with E-state index in [2.05, 4.69) is 10.2 Å². The SMILES string of the molecule is NC(N)=NN=Cc1cccc(COCC2CC2)c1. The van der Waals surface area contributed by atoms with Crippen LogP contribution in [0.2, 0.25) is 0 Å². The fraction of sp³-hybridized carbons (Fsp3) is 0.385. The summed E-state index contributed by atoms with van der Waals surface area (Å²) in [6, 6.07) is 7.95. The Labute approximate surface area is 107 Å². The molecule has 5 heteroatoms. The van der Waals surface area contributed by atoms with E-state index in [1.165, 1.54) is 12.8 Å². The number of rotatable bonds is 6. The van der Waals surface area contributed by atoms with Crippen molar-refractivity contribution < 1.29 is 4.74 Å². The average molecular weight is 246 g/mol. The molecule has 4 N–H and O–H groups in total. The highest BCUT2D eigenvalue weighted by atomic mass is 16.5. The van der Waals surface area contributed by atoms with Crippen molar-refractivity contribution in [3.63, 3.8) is 0 Å². The lowest BCUT2D eigenvalue weighted by Gasteiger charge is -2.03. The molecule has 0 unspecified atom stereocenters. The van der Waals surface area contributed by atoms with Crippen LogP contribution < -0.4 is 11.5 Å². The van der Waals surface area contributed by atoms with E-state index in [1.54, 1.807) is 6.21 Å². The van der Waals surface area contributed by atoms with Gasteiger partial charge in [0.05, 0.1) is 12.8 Å². The molecule has 96 valence electrons. The van der Waals surface area contributed by atoms with Crippen molar-refractivity contribution >= 4 is 12.2 Å². The minimum atomic E-state index is -0.0461. The third-order valence-corrected chi connectivity index (χ3v) is 2.65. The van der Waals surface area contributed by atoms with Crippen molar-refractivity contribution in [1.29, 1.82) is 0 Å². The van der Waals surface area contributed by atoms with E-state index in [-0.39, 0.29) is 5.96 Å². The predicted molar refractivity (Wildman–Crippen MR) is 72.2 cm³/mol. The van der Waals surface area contributed by atoms with Crippen LogP contribution in [0.15, 0.2) is 34.5 Å². The second kappa shape index (κ2) is 6.16. The molecule has 1 aliphatic rings. The summed E-state index contributed by atoms with van der Waals surface area (Å²) in [7, 11) is 0. The molecule has 0 bridgehead atoms. The first-order chi connectivity index (χ1) is 8.74. The van der Waals surface area contributed by atoms with Gasteiger partial charge in [0, 0.05) is 6.61 Å². The standard InChI is InChI=1S/C13H18N4O/c14-13(15)17-16-7-11-2-1-3-12(6-11)9-18-8-10-4-5-10/h1-3,6-7,10H,4-5,8-9H2,(H4,14,15,17). The summed E-state index contributed by atoms with van der Waals surface area (Å²) in [6.45, 7) is 1.51. The third-order valence-electron chi connectivity index (χ3n) is 2.65. The summed E-state index contributed by atoms with van der Waals surface area (Å²) in [5.41, 5.74) is 12.4. The van der Waals surface area contributed by atoms with Gasteiger partial charge in [-0.25, -0.2) is 0 Å². The first-order valence-corrected chi connectivity index (χ1v) is 6.02. The zero-order valence-electron chi connectivity index (χ0n) is 10.2. The van der Waals surface area contributed by atoms with Gasteiger partial charge in [-0.3, -0.25) is 0 Å². The molecule has 0 saturated heterocycles. The minimum Gasteiger partial charge on any atom is -0.376 e. The number of nitrogens with two attached hydrogens (primary N) is 2. The van der Waals surface area contributed by atoms with Gasteiger partial charge in [-0.05, 0) is 36.0 Å². The summed E-state index contributed by atoms with van der Waals surface area (Å²) < 4.78 is 5.63. The summed E-state index contributed by atoms with van der Waals surface area (Å²) in [5, 5.41) is 7.33. The van der Waals surface area contributed by atoms with Crippen LogP contribution in [0.4, 0.5) is 0 Å². The molecular formula is C13H18N4O. The van der Waals surface area contributed by atoms with Crippen LogP contribution in [0.25, 0.3) is 0 Å². The van der Waals surface area contributed by atoms with Crippen LogP contribution in [-0.4, -0.2) is 18.8 Å². The maximum absolute atomic E-state index is 5.63. The van der Waals surface area contributed by atoms with Crippen LogP contribution >= 0.6 is 0 Å². The lowest BCUT2D eigenvalue weighted by atomic mass is 10.1. The molecule has 0 aliphatic heterocycles. The van der Waals surface area contributed by atoms with Crippen LogP contribution in [0, 0.1) is 5.92 Å². The van der Waals surface area contributed by atoms with Crippen molar-refractivity contribution in [3.05, 3.63) is 35.4 Å². The van der Waals surface area contributed by atoms with Gasteiger partial charge in [0.25, 0.3) is 0 Å². The number of hydrogen-bond acceptors (Lipinski definition) is 3. The summed E-state index contributed by atoms with van der Waals surface area (Å²) in [5.74, 6) is 0.742. The highest BCUT2D eigenvalue weighted by Crippen LogP contribution is 2.29. The first-order valence-electron chi connectivity index (χ1n) is 6.02. The number of guanidine groups is 1. The highest BCUT2D eigenvalue weighted by molar-refractivity contribution is 5.81. The molecule has 0 amide bonds. The maximum atomic E-state index is 5.63. The molecule has 2 rings (SSSR count). The maximum Gasteiger partial charge on any atom is 0.211 e. The minimum absolute atomic E-state index is 0.0461. The highest BCUT2D eigenvalue weighted by Gasteiger charge is 2.20. The van der Waals surface area contributed by atoms with Gasteiger partial charge in [0.2, 0.25) is 5.96 Å². The molecule has 1 aliphatic carbocycles. The summed E-state index contributed by atoms with van der Waals surface area (Å²) in [4.78, 5) is 0. The number of hydrogen-bond donors (Lipinski definition) is 2. The van der Waals surface area contributed by atoms with Gasteiger partial charge in [0.15, 0.2) is 0 Å². The normalized spacial score (nSPS) is 14.9. The van der Waals surface area contributed by atoms with Gasteiger partial charge < -0.3 is 16.2 Å². The Morgan fingerprint density at radius 3 is 2.94 bits per heavy atom. The second-order valence-corrected chi connectivity index (χ2v) is 4.47. The lowest BCUT2D eigenvalue weighted by Crippen LogP contribution is -2.21. The van der Waals surface area contributed by atoms with Crippen molar-refractivity contribution in [1.82, 2.24) is 0 Å². The third kappa shape index (κ3) is 4.55. The molecule has 1 fully saturated rings. The molecule has 0 spiro atoms. The quantitative estimate of drug-likeness (QED) is 0.449. The average Bonchev–Trinajstić information content (AvgIpc) is 3.13. The Kier molecular flexibility index (Phi) is 4.30. The van der Waals surface area contributed by atoms with E-state index in [0.717, 1.165) is 23.7 Å². The predicted octanol–water partition coefficient (Wildman–Crippen LogP) is 1.22. The van der Waals surface area contributed by atoms with Crippen molar-refractivity contribution in [2.24, 2.45) is 27.6 Å². The topological polar surface area (TPSA) is 86.0 Å². The van der Waals surface area contributed by atoms with E-state index in [9.17, 15) is 0 Å². The van der Waals surface area contributed by atoms with Gasteiger partial charge in [-0.1, -0.05) is 18.2 Å². The molecule has 18 heavy (non-hydrogen) atoms. The zero-order chi connectivity index (χ0) is 12.8. The van der Waals surface area contributed by atoms with E-state index >= 15 is 0 Å². The van der Waals surface area contributed by atoms with Gasteiger partial charge >= 0.3 is 0 Å². The largest absolute Gasteiger partial charge is 0.376 e. The van der Waals surface area contributed by atoms with Crippen molar-refractivity contribution in [2.75, 3.05) is 6.61 Å². The van der Waals surface area contributed by atoms with Crippen LogP contribution in [0.5, 0.6) is 0 Å². The number of nitrogens with zero attached hydrogens (tertiary/aromatic N) is 2. The molecule has 1 aromatic rings. The smallest absolute Gasteiger partial charge is 0.211 e. The second-order valence-electron chi connectivity index (χ2n) is 4.47. The van der Waals surface area contributed by atoms with Gasteiger partial charge in [-0.15, -0.1) is 5.10 Å². The van der Waals surface area contributed by atoms with E-state index < -0.39 is 0 Å². The molecule has 0 aromatic heterocycles. The van der Waals surface area contributed by atoms with Crippen molar-refractivity contribution in [2.45, 2.75) is 19.4 Å². The Balaban J connectivity index is 1.87. The van der Waals surface area contributed by atoms with Crippen LogP contribution in [0.3, 0.4) is 0 Å². The fourth-order valence-electron chi connectivity index (χ4n) is 1.55. The fourth-order valence-corrected chi connectivity index (χ4v) is 1.55. The Hall–Kier alpha value is -1.88. The summed E-state index contributed by atoms with van der Waals surface area (Å²) in [6.07, 6.45) is 4.24. The Morgan fingerprint density at radius 2 is 2.22 bits per heavy atom. The van der Waals surface area contributed by atoms with Gasteiger partial charge in [-0.2, -0.15) is 5.10 Å². The molecular weight excluding hydrogens is 228 g/mol. The van der Waals surface area contributed by atoms with Crippen LogP contribution in [0.1, 0.15) is 24.0 Å². The summed E-state index contributed by atoms with van der Waals surface area (Å²) >= 11 is 0. The Bertz CT molecular complexity index is 448. The van der Waals surface area contributed by atoms with E-state index in [4.69, 9.17) is 16.2 Å². The molecule has 1 saturated carbocycles. The van der Waals surface area contributed by atoms with Gasteiger partial charge in [0.1, 0.15) is 0 Å².